The largest absolute Gasteiger partial charge is 0.462 e. The minimum Gasteiger partial charge on any atom is -0.462 e. The normalized spacial score (nSPS) is 13.1. The van der Waals surface area contributed by atoms with Gasteiger partial charge in [0.05, 0.1) is 0 Å². The van der Waals surface area contributed by atoms with E-state index >= 15 is 0 Å². The van der Waals surface area contributed by atoms with Crippen molar-refractivity contribution in [3.63, 3.8) is 0 Å². The Morgan fingerprint density at radius 1 is 0.367 bits per heavy atom. The average Bonchev–Trinajstić information content (AvgIpc) is 3.24. The maximum absolute atomic E-state index is 12.7. The zero-order valence-electron chi connectivity index (χ0n) is 38.4. The molecule has 0 heterocycles. The lowest BCUT2D eigenvalue weighted by molar-refractivity contribution is -0.167. The molecule has 6 heteroatoms. The first-order valence-electron chi connectivity index (χ1n) is 24.0. The Labute approximate surface area is 368 Å². The molecule has 1 unspecified atom stereocenters. The van der Waals surface area contributed by atoms with Crippen LogP contribution in [-0.4, -0.2) is 37.2 Å². The molecule has 338 valence electrons. The van der Waals surface area contributed by atoms with Crippen LogP contribution in [-0.2, 0) is 28.6 Å². The van der Waals surface area contributed by atoms with E-state index < -0.39 is 6.10 Å². The molecule has 0 aromatic rings. The molecule has 0 N–H and O–H groups in total. The van der Waals surface area contributed by atoms with Crippen LogP contribution in [0.5, 0.6) is 0 Å². The number of ether oxygens (including phenoxy) is 3. The lowest BCUT2D eigenvalue weighted by Crippen LogP contribution is -2.30. The second-order valence-corrected chi connectivity index (χ2v) is 15.4. The van der Waals surface area contributed by atoms with Gasteiger partial charge in [0.1, 0.15) is 13.2 Å². The molecule has 0 amide bonds. The van der Waals surface area contributed by atoms with Crippen LogP contribution in [0, 0.1) is 0 Å². The molecule has 0 rings (SSSR count). The van der Waals surface area contributed by atoms with Crippen molar-refractivity contribution < 1.29 is 28.6 Å². The van der Waals surface area contributed by atoms with Gasteiger partial charge in [-0.15, -0.1) is 0 Å². The van der Waals surface area contributed by atoms with Gasteiger partial charge >= 0.3 is 17.9 Å². The summed E-state index contributed by atoms with van der Waals surface area (Å²) in [6, 6.07) is 0. The molecule has 0 spiro atoms. The van der Waals surface area contributed by atoms with Gasteiger partial charge in [-0.25, -0.2) is 0 Å². The van der Waals surface area contributed by atoms with Crippen molar-refractivity contribution in [2.75, 3.05) is 13.2 Å². The summed E-state index contributed by atoms with van der Waals surface area (Å²) in [5.74, 6) is -0.991. The van der Waals surface area contributed by atoms with E-state index in [4.69, 9.17) is 14.2 Å². The number of carbonyl (C=O) groups excluding carboxylic acids is 3. The predicted molar refractivity (Wildman–Crippen MR) is 256 cm³/mol. The highest BCUT2D eigenvalue weighted by molar-refractivity contribution is 5.71. The molecule has 0 aliphatic heterocycles. The Bertz CT molecular complexity index is 1280. The quantitative estimate of drug-likeness (QED) is 0.0201. The molecule has 0 aromatic heterocycles. The Balaban J connectivity index is 4.54. The molecule has 0 aliphatic carbocycles. The lowest BCUT2D eigenvalue weighted by Gasteiger charge is -2.18. The molecular weight excluding hydrogens is 745 g/mol. The monoisotopic (exact) mass is 831 g/mol. The summed E-state index contributed by atoms with van der Waals surface area (Å²) in [5.41, 5.74) is 0. The third-order valence-electron chi connectivity index (χ3n) is 9.65. The van der Waals surface area contributed by atoms with Crippen molar-refractivity contribution in [2.24, 2.45) is 0 Å². The van der Waals surface area contributed by atoms with Gasteiger partial charge < -0.3 is 14.2 Å². The minimum atomic E-state index is -0.812. The van der Waals surface area contributed by atoms with E-state index in [2.05, 4.69) is 81.5 Å². The van der Waals surface area contributed by atoms with Gasteiger partial charge in [-0.1, -0.05) is 207 Å². The van der Waals surface area contributed by atoms with Crippen LogP contribution in [0.15, 0.2) is 109 Å². The summed E-state index contributed by atoms with van der Waals surface area (Å²) < 4.78 is 16.7. The summed E-state index contributed by atoms with van der Waals surface area (Å²) in [7, 11) is 0. The standard InChI is InChI=1S/C54H86O6/c1-4-7-10-13-16-19-22-24-26-28-29-32-35-38-41-44-47-53(56)59-50-51(49-58-52(55)46-43-40-37-34-31-21-18-15-12-9-6-3)60-54(57)48-45-42-39-36-33-30-27-25-23-20-17-14-11-8-5-2/h7-8,10-11,14,16-17,19-20,23-27,29-30,32-33,51H,4-6,9,12-13,15,18,21-22,28,31,34-50H2,1-3H3/b10-7-,11-8-,17-14-,19-16-,23-20-,26-24-,27-25-,32-29-,33-30-. The number of allylic oxidation sites excluding steroid dienone is 18. The highest BCUT2D eigenvalue weighted by Crippen LogP contribution is 2.13. The molecule has 60 heavy (non-hydrogen) atoms. The Kier molecular flexibility index (Phi) is 44.6. The molecule has 0 radical (unpaired) electrons. The van der Waals surface area contributed by atoms with E-state index in [0.29, 0.717) is 19.3 Å². The fraction of sp³-hybridized carbons (Fsp3) is 0.611. The summed E-state index contributed by atoms with van der Waals surface area (Å²) in [6.07, 6.45) is 63.5. The van der Waals surface area contributed by atoms with Gasteiger partial charge in [-0.2, -0.15) is 0 Å². The summed E-state index contributed by atoms with van der Waals surface area (Å²) in [5, 5.41) is 0. The SMILES string of the molecule is CC\C=C/C=C\C=C/C=C\C=C/CCCCCC(=O)OC(COC(=O)CCCCC/C=C\C/C=C\C/C=C\C/C=C\CC)COC(=O)CCCCCCCCCCCCC. The summed E-state index contributed by atoms with van der Waals surface area (Å²) in [4.78, 5) is 37.8. The van der Waals surface area contributed by atoms with E-state index in [-0.39, 0.29) is 37.5 Å². The van der Waals surface area contributed by atoms with Crippen molar-refractivity contribution in [1.82, 2.24) is 0 Å². The van der Waals surface area contributed by atoms with E-state index in [0.717, 1.165) is 96.3 Å². The van der Waals surface area contributed by atoms with Crippen LogP contribution in [0.1, 0.15) is 194 Å². The van der Waals surface area contributed by atoms with Crippen LogP contribution in [0.3, 0.4) is 0 Å². The smallest absolute Gasteiger partial charge is 0.306 e. The molecule has 0 aromatic carbocycles. The molecular formula is C54H86O6. The van der Waals surface area contributed by atoms with Gasteiger partial charge in [-0.3, -0.25) is 14.4 Å². The zero-order chi connectivity index (χ0) is 43.7. The Morgan fingerprint density at radius 3 is 1.22 bits per heavy atom. The van der Waals surface area contributed by atoms with E-state index in [9.17, 15) is 14.4 Å². The van der Waals surface area contributed by atoms with Gasteiger partial charge in [0.2, 0.25) is 0 Å². The fourth-order valence-corrected chi connectivity index (χ4v) is 6.10. The maximum atomic E-state index is 12.7. The second-order valence-electron chi connectivity index (χ2n) is 15.4. The fourth-order valence-electron chi connectivity index (χ4n) is 6.10. The Morgan fingerprint density at radius 2 is 0.733 bits per heavy atom. The van der Waals surface area contributed by atoms with Gasteiger partial charge in [0.15, 0.2) is 6.10 Å². The van der Waals surface area contributed by atoms with Crippen LogP contribution in [0.25, 0.3) is 0 Å². The number of hydrogen-bond donors (Lipinski definition) is 0. The van der Waals surface area contributed by atoms with Crippen LogP contribution in [0.2, 0.25) is 0 Å². The first-order valence-corrected chi connectivity index (χ1v) is 24.0. The molecule has 0 aliphatic rings. The average molecular weight is 831 g/mol. The van der Waals surface area contributed by atoms with Gasteiger partial charge in [0.25, 0.3) is 0 Å². The first-order chi connectivity index (χ1) is 29.5. The van der Waals surface area contributed by atoms with E-state index in [1.807, 2.05) is 48.6 Å². The number of unbranched alkanes of at least 4 members (excludes halogenated alkanes) is 16. The summed E-state index contributed by atoms with van der Waals surface area (Å²) in [6.45, 7) is 6.28. The molecule has 6 nitrogen and oxygen atoms in total. The molecule has 0 saturated carbocycles. The molecule has 0 fully saturated rings. The molecule has 1 atom stereocenters. The van der Waals surface area contributed by atoms with Crippen molar-refractivity contribution in [3.8, 4) is 0 Å². The number of carbonyl (C=O) groups is 3. The van der Waals surface area contributed by atoms with Crippen molar-refractivity contribution in [1.29, 1.82) is 0 Å². The first kappa shape index (κ1) is 56.1. The highest BCUT2D eigenvalue weighted by Gasteiger charge is 2.19. The number of hydrogen-bond acceptors (Lipinski definition) is 6. The zero-order valence-corrected chi connectivity index (χ0v) is 38.4. The van der Waals surface area contributed by atoms with Gasteiger partial charge in [0, 0.05) is 19.3 Å². The second kappa shape index (κ2) is 47.7. The predicted octanol–water partition coefficient (Wildman–Crippen LogP) is 15.6. The maximum Gasteiger partial charge on any atom is 0.306 e. The number of rotatable bonds is 41. The summed E-state index contributed by atoms with van der Waals surface area (Å²) >= 11 is 0. The lowest BCUT2D eigenvalue weighted by atomic mass is 10.1. The Hall–Kier alpha value is -3.93. The minimum absolute atomic E-state index is 0.107. The third kappa shape index (κ3) is 45.2. The number of esters is 3. The van der Waals surface area contributed by atoms with Gasteiger partial charge in [-0.05, 0) is 77.0 Å². The van der Waals surface area contributed by atoms with E-state index in [1.54, 1.807) is 0 Å². The van der Waals surface area contributed by atoms with Crippen LogP contribution in [0.4, 0.5) is 0 Å². The van der Waals surface area contributed by atoms with Crippen molar-refractivity contribution in [2.45, 2.75) is 200 Å². The van der Waals surface area contributed by atoms with E-state index in [1.165, 1.54) is 51.4 Å². The molecule has 0 bridgehead atoms. The highest BCUT2D eigenvalue weighted by atomic mass is 16.6. The third-order valence-corrected chi connectivity index (χ3v) is 9.65. The van der Waals surface area contributed by atoms with Crippen molar-refractivity contribution in [3.05, 3.63) is 109 Å². The van der Waals surface area contributed by atoms with Crippen LogP contribution >= 0.6 is 0 Å². The topological polar surface area (TPSA) is 78.9 Å². The van der Waals surface area contributed by atoms with Crippen molar-refractivity contribution >= 4 is 17.9 Å². The van der Waals surface area contributed by atoms with Crippen LogP contribution < -0.4 is 0 Å². The molecule has 0 saturated heterocycles.